The molecule has 0 heterocycles. The summed E-state index contributed by atoms with van der Waals surface area (Å²) in [6.45, 7) is 3.61. The van der Waals surface area contributed by atoms with Crippen molar-refractivity contribution in [3.63, 3.8) is 0 Å². The number of hydrogen-bond acceptors (Lipinski definition) is 3. The summed E-state index contributed by atoms with van der Waals surface area (Å²) in [4.78, 5) is 0. The molecule has 0 aliphatic rings. The van der Waals surface area contributed by atoms with Crippen LogP contribution in [0.3, 0.4) is 0 Å². The third-order valence-corrected chi connectivity index (χ3v) is 2.17. The molecule has 0 rings (SSSR count). The summed E-state index contributed by atoms with van der Waals surface area (Å²) in [5.74, 6) is 0. The van der Waals surface area contributed by atoms with Crippen molar-refractivity contribution in [3.05, 3.63) is 0 Å². The molecule has 0 spiro atoms. The lowest BCUT2D eigenvalue weighted by molar-refractivity contribution is 0.320. The molecular formula is C6H18N2OSi. The molecule has 0 bridgehead atoms. The third-order valence-electron chi connectivity index (χ3n) is 1.12. The molecule has 10 heavy (non-hydrogen) atoms. The highest BCUT2D eigenvalue weighted by Crippen LogP contribution is 1.86. The maximum absolute atomic E-state index is 5.52. The summed E-state index contributed by atoms with van der Waals surface area (Å²) >= 11 is 0. The second kappa shape index (κ2) is 7.21. The lowest BCUT2D eigenvalue weighted by Crippen LogP contribution is -2.25. The smallest absolute Gasteiger partial charge is 0.177 e. The van der Waals surface area contributed by atoms with E-state index in [1.54, 1.807) is 0 Å². The van der Waals surface area contributed by atoms with Crippen molar-refractivity contribution in [1.82, 2.24) is 0 Å². The Kier molecular flexibility index (Phi) is 7.28. The molecular weight excluding hydrogens is 144 g/mol. The van der Waals surface area contributed by atoms with E-state index in [2.05, 4.69) is 0 Å². The van der Waals surface area contributed by atoms with E-state index in [-0.39, 0.29) is 5.67 Å². The van der Waals surface area contributed by atoms with Crippen LogP contribution in [0.15, 0.2) is 0 Å². The van der Waals surface area contributed by atoms with Gasteiger partial charge in [-0.1, -0.05) is 6.92 Å². The SMILES string of the molecule is CC(N)[SiH2]OCCCCN. The molecule has 0 fully saturated rings. The Labute approximate surface area is 65.1 Å². The largest absolute Gasteiger partial charge is 0.422 e. The van der Waals surface area contributed by atoms with Crippen molar-refractivity contribution >= 4 is 9.76 Å². The van der Waals surface area contributed by atoms with Gasteiger partial charge in [-0.15, -0.1) is 0 Å². The maximum atomic E-state index is 5.52. The fourth-order valence-corrected chi connectivity index (χ4v) is 1.36. The lowest BCUT2D eigenvalue weighted by atomic mass is 10.3. The van der Waals surface area contributed by atoms with Gasteiger partial charge in [0.2, 0.25) is 0 Å². The summed E-state index contributed by atoms with van der Waals surface area (Å²) in [6.07, 6.45) is 2.14. The number of hydrogen-bond donors (Lipinski definition) is 2. The fourth-order valence-electron chi connectivity index (χ4n) is 0.618. The molecule has 3 nitrogen and oxygen atoms in total. The van der Waals surface area contributed by atoms with Crippen LogP contribution in [0, 0.1) is 0 Å². The zero-order valence-electron chi connectivity index (χ0n) is 6.68. The Balaban J connectivity index is 2.77. The molecule has 0 aliphatic heterocycles. The summed E-state index contributed by atoms with van der Waals surface area (Å²) in [5.41, 5.74) is 11.1. The Morgan fingerprint density at radius 3 is 2.70 bits per heavy atom. The monoisotopic (exact) mass is 162 g/mol. The first-order valence-corrected chi connectivity index (χ1v) is 5.20. The van der Waals surface area contributed by atoms with Crippen LogP contribution in [-0.4, -0.2) is 28.6 Å². The van der Waals surface area contributed by atoms with Crippen LogP contribution in [0.4, 0.5) is 0 Å². The van der Waals surface area contributed by atoms with Crippen LogP contribution < -0.4 is 11.5 Å². The zero-order chi connectivity index (χ0) is 7.82. The van der Waals surface area contributed by atoms with Crippen molar-refractivity contribution in [2.24, 2.45) is 11.5 Å². The average molecular weight is 162 g/mol. The first-order chi connectivity index (χ1) is 4.77. The highest BCUT2D eigenvalue weighted by atomic mass is 28.2. The predicted molar refractivity (Wildman–Crippen MR) is 46.4 cm³/mol. The predicted octanol–water partition coefficient (Wildman–Crippen LogP) is -0.870. The second-order valence-corrected chi connectivity index (χ2v) is 4.58. The van der Waals surface area contributed by atoms with E-state index in [9.17, 15) is 0 Å². The molecule has 0 saturated carbocycles. The molecule has 1 atom stereocenters. The number of nitrogens with two attached hydrogens (primary N) is 2. The normalized spacial score (nSPS) is 14.7. The minimum Gasteiger partial charge on any atom is -0.422 e. The molecule has 0 radical (unpaired) electrons. The van der Waals surface area contributed by atoms with Gasteiger partial charge in [-0.05, 0) is 19.4 Å². The number of unbranched alkanes of at least 4 members (excludes halogenated alkanes) is 1. The van der Waals surface area contributed by atoms with Crippen LogP contribution in [0.25, 0.3) is 0 Å². The Hall–Kier alpha value is 0.0969. The van der Waals surface area contributed by atoms with Crippen molar-refractivity contribution in [2.45, 2.75) is 25.4 Å². The van der Waals surface area contributed by atoms with Crippen molar-refractivity contribution < 1.29 is 4.43 Å². The van der Waals surface area contributed by atoms with Gasteiger partial charge in [-0.25, -0.2) is 0 Å². The van der Waals surface area contributed by atoms with Gasteiger partial charge in [0.15, 0.2) is 9.76 Å². The molecule has 4 heteroatoms. The molecule has 0 aliphatic carbocycles. The standard InChI is InChI=1S/C6H18N2OSi/c1-6(8)10-9-5-3-2-4-7/h6H,2-5,7-8,10H2,1H3. The van der Waals surface area contributed by atoms with E-state index in [1.165, 1.54) is 0 Å². The first kappa shape index (κ1) is 10.1. The van der Waals surface area contributed by atoms with E-state index in [1.807, 2.05) is 6.92 Å². The summed E-state index contributed by atoms with van der Waals surface area (Å²) < 4.78 is 5.36. The van der Waals surface area contributed by atoms with Gasteiger partial charge in [0.1, 0.15) is 0 Å². The summed E-state index contributed by atoms with van der Waals surface area (Å²) in [7, 11) is -0.445. The van der Waals surface area contributed by atoms with Gasteiger partial charge in [0.25, 0.3) is 0 Å². The van der Waals surface area contributed by atoms with Crippen LogP contribution in [0.1, 0.15) is 19.8 Å². The molecule has 0 aromatic carbocycles. The van der Waals surface area contributed by atoms with E-state index < -0.39 is 9.76 Å². The highest BCUT2D eigenvalue weighted by Gasteiger charge is 1.93. The van der Waals surface area contributed by atoms with Crippen LogP contribution in [0.2, 0.25) is 0 Å². The van der Waals surface area contributed by atoms with Gasteiger partial charge in [-0.2, -0.15) is 0 Å². The summed E-state index contributed by atoms with van der Waals surface area (Å²) in [5, 5.41) is 0. The lowest BCUT2D eigenvalue weighted by Gasteiger charge is -2.04. The Morgan fingerprint density at radius 2 is 2.20 bits per heavy atom. The van der Waals surface area contributed by atoms with E-state index in [0.29, 0.717) is 0 Å². The molecule has 62 valence electrons. The maximum Gasteiger partial charge on any atom is 0.177 e. The van der Waals surface area contributed by atoms with Gasteiger partial charge >= 0.3 is 0 Å². The average Bonchev–Trinajstić information content (AvgIpc) is 1.87. The zero-order valence-corrected chi connectivity index (χ0v) is 8.09. The van der Waals surface area contributed by atoms with Gasteiger partial charge < -0.3 is 15.9 Å². The van der Waals surface area contributed by atoms with Gasteiger partial charge in [0, 0.05) is 12.3 Å². The van der Waals surface area contributed by atoms with E-state index in [0.717, 1.165) is 26.0 Å². The van der Waals surface area contributed by atoms with Crippen LogP contribution >= 0.6 is 0 Å². The molecule has 1 unspecified atom stereocenters. The Bertz CT molecular complexity index is 70.8. The topological polar surface area (TPSA) is 61.3 Å². The second-order valence-electron chi connectivity index (χ2n) is 2.55. The first-order valence-electron chi connectivity index (χ1n) is 3.80. The number of rotatable bonds is 6. The van der Waals surface area contributed by atoms with Crippen LogP contribution in [0.5, 0.6) is 0 Å². The van der Waals surface area contributed by atoms with Crippen LogP contribution in [-0.2, 0) is 4.43 Å². The van der Waals surface area contributed by atoms with Crippen molar-refractivity contribution in [2.75, 3.05) is 13.2 Å². The van der Waals surface area contributed by atoms with E-state index >= 15 is 0 Å². The Morgan fingerprint density at radius 1 is 1.50 bits per heavy atom. The quantitative estimate of drug-likeness (QED) is 0.394. The third kappa shape index (κ3) is 8.10. The highest BCUT2D eigenvalue weighted by molar-refractivity contribution is 6.29. The fraction of sp³-hybridized carbons (Fsp3) is 1.00. The van der Waals surface area contributed by atoms with E-state index in [4.69, 9.17) is 15.9 Å². The molecule has 0 saturated heterocycles. The molecule has 0 aromatic heterocycles. The summed E-state index contributed by atoms with van der Waals surface area (Å²) in [6, 6.07) is 0. The molecule has 0 amide bonds. The van der Waals surface area contributed by atoms with Crippen molar-refractivity contribution in [3.8, 4) is 0 Å². The van der Waals surface area contributed by atoms with Gasteiger partial charge in [-0.3, -0.25) is 0 Å². The van der Waals surface area contributed by atoms with Gasteiger partial charge in [0.05, 0.1) is 0 Å². The molecule has 4 N–H and O–H groups in total. The van der Waals surface area contributed by atoms with Crippen molar-refractivity contribution in [1.29, 1.82) is 0 Å². The minimum atomic E-state index is -0.445. The minimum absolute atomic E-state index is 0.290. The molecule has 0 aromatic rings.